The van der Waals surface area contributed by atoms with E-state index in [2.05, 4.69) is 15.4 Å². The van der Waals surface area contributed by atoms with Gasteiger partial charge >= 0.3 is 0 Å². The van der Waals surface area contributed by atoms with Crippen LogP contribution in [0.5, 0.6) is 5.75 Å². The first-order valence-electron chi connectivity index (χ1n) is 13.7. The molecule has 0 bridgehead atoms. The van der Waals surface area contributed by atoms with E-state index in [1.807, 2.05) is 41.3 Å². The van der Waals surface area contributed by atoms with Crippen LogP contribution in [0.1, 0.15) is 33.6 Å². The van der Waals surface area contributed by atoms with E-state index in [4.69, 9.17) is 4.74 Å². The average molecular weight is 524 g/mol. The van der Waals surface area contributed by atoms with Gasteiger partial charge in [0.25, 0.3) is 11.8 Å². The molecule has 4 aliphatic rings. The van der Waals surface area contributed by atoms with Crippen molar-refractivity contribution < 1.29 is 19.4 Å². The van der Waals surface area contributed by atoms with Crippen molar-refractivity contribution >= 4 is 33.6 Å². The van der Waals surface area contributed by atoms with Crippen molar-refractivity contribution in [1.82, 2.24) is 25.2 Å². The van der Waals surface area contributed by atoms with Crippen LogP contribution < -0.4 is 4.74 Å². The molecule has 2 aliphatic carbocycles. The topological polar surface area (TPSA) is 112 Å². The second kappa shape index (κ2) is 8.26. The Morgan fingerprint density at radius 1 is 0.923 bits per heavy atom. The number of aromatic amines is 1. The van der Waals surface area contributed by atoms with Gasteiger partial charge < -0.3 is 19.6 Å². The summed E-state index contributed by atoms with van der Waals surface area (Å²) < 4.78 is 6.15. The number of ether oxygens (including phenoxy) is 1. The van der Waals surface area contributed by atoms with Gasteiger partial charge in [-0.3, -0.25) is 9.59 Å². The van der Waals surface area contributed by atoms with Crippen molar-refractivity contribution in [1.29, 1.82) is 0 Å². The molecule has 4 atom stereocenters. The molecule has 8 rings (SSSR count). The number of aliphatic hydroxyl groups is 1. The minimum Gasteiger partial charge on any atom is -0.493 e. The standard InChI is InChI=1S/C30H29N5O4/c36-28(19-7-8-25-26(10-19)32-33-31-25)34-12-22-23(13-34)30(38)16-35(14-24(22)30)29(37)20-9-18-3-1-2-4-21(18)27(11-20)39-15-17-5-6-17/h1-4,7-11,17,22-24,38H,5-6,12-16H2,(H,31,32,33)/t22-,23+,24?,30?/m0/s1. The van der Waals surface area contributed by atoms with Crippen LogP contribution in [0.25, 0.3) is 21.8 Å². The van der Waals surface area contributed by atoms with Crippen molar-refractivity contribution in [2.45, 2.75) is 18.4 Å². The minimum absolute atomic E-state index is 0.0333. The van der Waals surface area contributed by atoms with Crippen molar-refractivity contribution in [2.24, 2.45) is 23.7 Å². The van der Waals surface area contributed by atoms with E-state index in [0.717, 1.165) is 22.0 Å². The molecule has 2 saturated carbocycles. The summed E-state index contributed by atoms with van der Waals surface area (Å²) in [6.45, 7) is 2.54. The molecule has 3 heterocycles. The fourth-order valence-corrected chi connectivity index (χ4v) is 7.10. The van der Waals surface area contributed by atoms with Crippen molar-refractivity contribution in [3.05, 3.63) is 65.7 Å². The molecule has 9 nitrogen and oxygen atoms in total. The summed E-state index contributed by atoms with van der Waals surface area (Å²) >= 11 is 0. The van der Waals surface area contributed by atoms with E-state index in [1.165, 1.54) is 12.8 Å². The lowest BCUT2D eigenvalue weighted by atomic mass is 9.56. The van der Waals surface area contributed by atoms with E-state index < -0.39 is 5.60 Å². The van der Waals surface area contributed by atoms with Gasteiger partial charge in [-0.25, -0.2) is 0 Å². The Bertz CT molecular complexity index is 1650. The van der Waals surface area contributed by atoms with E-state index >= 15 is 0 Å². The van der Waals surface area contributed by atoms with Crippen molar-refractivity contribution in [3.63, 3.8) is 0 Å². The Kier molecular flexibility index (Phi) is 4.86. The smallest absolute Gasteiger partial charge is 0.254 e. The highest BCUT2D eigenvalue weighted by molar-refractivity contribution is 6.01. The van der Waals surface area contributed by atoms with Crippen molar-refractivity contribution in [2.75, 3.05) is 32.8 Å². The van der Waals surface area contributed by atoms with Gasteiger partial charge in [0.05, 0.1) is 18.8 Å². The summed E-state index contributed by atoms with van der Waals surface area (Å²) in [6.07, 6.45) is 2.40. The zero-order valence-electron chi connectivity index (χ0n) is 21.4. The average Bonchev–Trinajstić information content (AvgIpc) is 3.38. The zero-order chi connectivity index (χ0) is 26.3. The maximum Gasteiger partial charge on any atom is 0.254 e. The Hall–Kier alpha value is -3.98. The molecule has 4 fully saturated rings. The lowest BCUT2D eigenvalue weighted by molar-refractivity contribution is -0.145. The number of β-amino-alcohol motifs (C(OH)–C–C–N with tert-alkyl or cyclic N) is 1. The van der Waals surface area contributed by atoms with E-state index in [9.17, 15) is 14.7 Å². The molecule has 1 aromatic heterocycles. The molecule has 4 aromatic rings. The van der Waals surface area contributed by atoms with Gasteiger partial charge in [-0.15, -0.1) is 0 Å². The Labute approximate surface area is 224 Å². The summed E-state index contributed by atoms with van der Waals surface area (Å²) in [5, 5.41) is 24.4. The summed E-state index contributed by atoms with van der Waals surface area (Å²) in [7, 11) is 0. The maximum absolute atomic E-state index is 13.7. The van der Waals surface area contributed by atoms with Crippen LogP contribution in [0.15, 0.2) is 54.6 Å². The molecular formula is C30H29N5O4. The second-order valence-electron chi connectivity index (χ2n) is 11.7. The Morgan fingerprint density at radius 3 is 2.54 bits per heavy atom. The number of aromatic nitrogens is 3. The number of hydrogen-bond acceptors (Lipinski definition) is 6. The summed E-state index contributed by atoms with van der Waals surface area (Å²) in [5.74, 6) is 1.34. The number of hydrogen-bond donors (Lipinski definition) is 2. The van der Waals surface area contributed by atoms with E-state index in [0.29, 0.717) is 48.8 Å². The molecule has 2 saturated heterocycles. The summed E-state index contributed by atoms with van der Waals surface area (Å²) in [5.41, 5.74) is 1.57. The van der Waals surface area contributed by atoms with Gasteiger partial charge in [-0.1, -0.05) is 24.3 Å². The number of H-pyrrole nitrogens is 1. The van der Waals surface area contributed by atoms with Crippen LogP contribution in [0, 0.1) is 23.7 Å². The fraction of sp³-hybridized carbons (Fsp3) is 0.400. The third kappa shape index (κ3) is 3.56. The number of carbonyl (C=O) groups is 2. The quantitative estimate of drug-likeness (QED) is 0.416. The van der Waals surface area contributed by atoms with Crippen LogP contribution in [0.2, 0.25) is 0 Å². The predicted octanol–water partition coefficient (Wildman–Crippen LogP) is 3.11. The number of carbonyl (C=O) groups excluding carboxylic acids is 2. The molecule has 3 aromatic carbocycles. The van der Waals surface area contributed by atoms with Crippen LogP contribution >= 0.6 is 0 Å². The third-order valence-electron chi connectivity index (χ3n) is 9.41. The third-order valence-corrected chi connectivity index (χ3v) is 9.41. The normalized spacial score (nSPS) is 27.5. The molecule has 0 radical (unpaired) electrons. The van der Waals surface area contributed by atoms with Crippen LogP contribution in [-0.2, 0) is 0 Å². The predicted molar refractivity (Wildman–Crippen MR) is 143 cm³/mol. The Balaban J connectivity index is 0.994. The largest absolute Gasteiger partial charge is 0.493 e. The number of amides is 2. The van der Waals surface area contributed by atoms with Gasteiger partial charge in [-0.2, -0.15) is 15.4 Å². The maximum atomic E-state index is 13.7. The van der Waals surface area contributed by atoms with Gasteiger partial charge in [-0.05, 0) is 60.4 Å². The summed E-state index contributed by atoms with van der Waals surface area (Å²) in [6, 6.07) is 17.1. The highest BCUT2D eigenvalue weighted by Gasteiger charge is 2.68. The van der Waals surface area contributed by atoms with Crippen LogP contribution in [-0.4, -0.2) is 80.5 Å². The van der Waals surface area contributed by atoms with Gasteiger partial charge in [0.2, 0.25) is 0 Å². The number of nitrogens with one attached hydrogen (secondary N) is 1. The highest BCUT2D eigenvalue weighted by atomic mass is 16.5. The monoisotopic (exact) mass is 523 g/mol. The first-order chi connectivity index (χ1) is 19.0. The number of likely N-dealkylation sites (tertiary alicyclic amines) is 2. The number of benzene rings is 3. The van der Waals surface area contributed by atoms with E-state index in [-0.39, 0.29) is 36.1 Å². The number of fused-ring (bicyclic) bond motifs is 6. The zero-order valence-corrected chi connectivity index (χ0v) is 21.4. The first kappa shape index (κ1) is 23.0. The van der Waals surface area contributed by atoms with E-state index in [1.54, 1.807) is 23.1 Å². The second-order valence-corrected chi connectivity index (χ2v) is 11.7. The van der Waals surface area contributed by atoms with Crippen LogP contribution in [0.4, 0.5) is 0 Å². The molecule has 198 valence electrons. The van der Waals surface area contributed by atoms with Crippen LogP contribution in [0.3, 0.4) is 0 Å². The molecule has 2 N–H and O–H groups in total. The SMILES string of the molecule is O=C(c1ccc2n[nH]nc2c1)N1C[C@@H]2C3CN(C(=O)c4cc(OCC5CC5)c5ccccc5c4)CC3(O)[C@@H]2C1. The van der Waals surface area contributed by atoms with Crippen molar-refractivity contribution in [3.8, 4) is 5.75 Å². The van der Waals surface area contributed by atoms with Gasteiger partial charge in [0.1, 0.15) is 16.8 Å². The molecular weight excluding hydrogens is 494 g/mol. The van der Waals surface area contributed by atoms with Gasteiger partial charge in [0, 0.05) is 48.0 Å². The molecule has 9 heteroatoms. The molecule has 2 aliphatic heterocycles. The molecule has 39 heavy (non-hydrogen) atoms. The summed E-state index contributed by atoms with van der Waals surface area (Å²) in [4.78, 5) is 30.6. The molecule has 2 amide bonds. The molecule has 2 unspecified atom stereocenters. The van der Waals surface area contributed by atoms with Gasteiger partial charge in [0.15, 0.2) is 0 Å². The molecule has 0 spiro atoms. The first-order valence-corrected chi connectivity index (χ1v) is 13.7. The highest BCUT2D eigenvalue weighted by Crippen LogP contribution is 2.57. The minimum atomic E-state index is -0.965. The lowest BCUT2D eigenvalue weighted by Gasteiger charge is -2.50. The number of rotatable bonds is 5. The number of nitrogens with zero attached hydrogens (tertiary/aromatic N) is 4. The Morgan fingerprint density at radius 2 is 1.69 bits per heavy atom. The fourth-order valence-electron chi connectivity index (χ4n) is 7.10. The lowest BCUT2D eigenvalue weighted by Crippen LogP contribution is -2.61.